The first-order valence-electron chi connectivity index (χ1n) is 10.6. The molecule has 2 aromatic carbocycles. The van der Waals surface area contributed by atoms with Gasteiger partial charge in [0.2, 0.25) is 5.91 Å². The normalized spacial score (nSPS) is 10.6. The van der Waals surface area contributed by atoms with E-state index in [2.05, 4.69) is 12.2 Å². The smallest absolute Gasteiger partial charge is 0.341 e. The molecule has 1 heterocycles. The molecule has 1 N–H and O–H groups in total. The molecule has 3 aromatic rings. The van der Waals surface area contributed by atoms with Crippen LogP contribution in [0.25, 0.3) is 11.1 Å². The lowest BCUT2D eigenvalue weighted by Crippen LogP contribution is -2.15. The Morgan fingerprint density at radius 2 is 1.75 bits per heavy atom. The molecule has 1 aromatic heterocycles. The molecule has 0 spiro atoms. The van der Waals surface area contributed by atoms with Crippen LogP contribution in [-0.2, 0) is 16.0 Å². The fraction of sp³-hybridized carbons (Fsp3) is 0.280. The monoisotopic (exact) mass is 471 g/mol. The molecule has 0 aliphatic heterocycles. The molecule has 7 heteroatoms. The van der Waals surface area contributed by atoms with Crippen LogP contribution in [0.2, 0.25) is 5.02 Å². The van der Waals surface area contributed by atoms with E-state index in [-0.39, 0.29) is 18.9 Å². The molecule has 0 unspecified atom stereocenters. The zero-order valence-electron chi connectivity index (χ0n) is 18.2. The van der Waals surface area contributed by atoms with E-state index < -0.39 is 5.97 Å². The second-order valence-corrected chi connectivity index (χ2v) is 8.39. The number of esters is 1. The maximum absolute atomic E-state index is 12.7. The topological polar surface area (TPSA) is 64.6 Å². The van der Waals surface area contributed by atoms with Crippen LogP contribution >= 0.6 is 22.9 Å². The van der Waals surface area contributed by atoms with Crippen LogP contribution in [0.1, 0.15) is 42.6 Å². The molecule has 1 amide bonds. The number of hydrogen-bond acceptors (Lipinski definition) is 5. The maximum atomic E-state index is 12.7. The molecule has 0 atom stereocenters. The Labute approximate surface area is 197 Å². The Morgan fingerprint density at radius 3 is 2.41 bits per heavy atom. The molecule has 0 radical (unpaired) electrons. The molecule has 5 nitrogen and oxygen atoms in total. The number of rotatable bonds is 10. The molecular formula is C25H26ClNO4S. The molecule has 0 fully saturated rings. The van der Waals surface area contributed by atoms with Crippen molar-refractivity contribution in [1.82, 2.24) is 0 Å². The van der Waals surface area contributed by atoms with Crippen molar-refractivity contribution in [2.75, 3.05) is 18.5 Å². The molecule has 3 rings (SSSR count). The minimum absolute atomic E-state index is 0.176. The summed E-state index contributed by atoms with van der Waals surface area (Å²) in [6.07, 6.45) is 1.76. The Morgan fingerprint density at radius 1 is 1.03 bits per heavy atom. The van der Waals surface area contributed by atoms with E-state index >= 15 is 0 Å². The lowest BCUT2D eigenvalue weighted by molar-refractivity contribution is -0.116. The van der Waals surface area contributed by atoms with Crippen molar-refractivity contribution in [3.8, 4) is 16.9 Å². The van der Waals surface area contributed by atoms with E-state index in [1.54, 1.807) is 31.2 Å². The van der Waals surface area contributed by atoms with Crippen LogP contribution in [0.3, 0.4) is 0 Å². The zero-order chi connectivity index (χ0) is 22.9. The van der Waals surface area contributed by atoms with Crippen molar-refractivity contribution >= 4 is 39.8 Å². The summed E-state index contributed by atoms with van der Waals surface area (Å²) >= 11 is 7.18. The summed E-state index contributed by atoms with van der Waals surface area (Å²) < 4.78 is 10.9. The largest absolute Gasteiger partial charge is 0.494 e. The van der Waals surface area contributed by atoms with Gasteiger partial charge in [0.25, 0.3) is 0 Å². The molecule has 0 aliphatic rings. The third-order valence-corrected chi connectivity index (χ3v) is 5.97. The van der Waals surface area contributed by atoms with Gasteiger partial charge in [-0.25, -0.2) is 4.79 Å². The average molecular weight is 472 g/mol. The van der Waals surface area contributed by atoms with E-state index in [9.17, 15) is 9.59 Å². The van der Waals surface area contributed by atoms with Gasteiger partial charge in [-0.15, -0.1) is 11.3 Å². The first-order chi connectivity index (χ1) is 15.5. The summed E-state index contributed by atoms with van der Waals surface area (Å²) in [7, 11) is 0. The van der Waals surface area contributed by atoms with E-state index in [0.717, 1.165) is 17.5 Å². The van der Waals surface area contributed by atoms with Crippen molar-refractivity contribution in [3.63, 3.8) is 0 Å². The number of carbonyl (C=O) groups is 2. The second-order valence-electron chi connectivity index (χ2n) is 7.08. The van der Waals surface area contributed by atoms with Gasteiger partial charge >= 0.3 is 5.97 Å². The standard InChI is InChI=1S/C25H26ClNO4S/c1-3-17-7-9-18(10-8-17)21-16-32-24(23(21)25(29)30-4-2)27-22(28)6-5-15-31-20-13-11-19(26)12-14-20/h7-14,16H,3-6,15H2,1-2H3,(H,27,28). The summed E-state index contributed by atoms with van der Waals surface area (Å²) in [6, 6.07) is 15.1. The van der Waals surface area contributed by atoms with Gasteiger partial charge in [0.15, 0.2) is 0 Å². The molecular weight excluding hydrogens is 446 g/mol. The van der Waals surface area contributed by atoms with Gasteiger partial charge < -0.3 is 14.8 Å². The van der Waals surface area contributed by atoms with Crippen LogP contribution < -0.4 is 10.1 Å². The summed E-state index contributed by atoms with van der Waals surface area (Å²) in [6.45, 7) is 4.52. The van der Waals surface area contributed by atoms with E-state index in [0.29, 0.717) is 34.4 Å². The summed E-state index contributed by atoms with van der Waals surface area (Å²) in [5, 5.41) is 5.90. The number of benzene rings is 2. The third-order valence-electron chi connectivity index (χ3n) is 4.83. The van der Waals surface area contributed by atoms with Crippen LogP contribution in [-0.4, -0.2) is 25.1 Å². The molecule has 0 bridgehead atoms. The highest BCUT2D eigenvalue weighted by Gasteiger charge is 2.22. The third kappa shape index (κ3) is 6.34. The molecule has 0 aliphatic carbocycles. The number of thiophene rings is 1. The number of nitrogens with one attached hydrogen (secondary N) is 1. The minimum atomic E-state index is -0.440. The zero-order valence-corrected chi connectivity index (χ0v) is 19.7. The van der Waals surface area contributed by atoms with E-state index in [4.69, 9.17) is 21.1 Å². The summed E-state index contributed by atoms with van der Waals surface area (Å²) in [5.41, 5.74) is 3.29. The number of hydrogen-bond donors (Lipinski definition) is 1. The molecule has 0 saturated carbocycles. The highest BCUT2D eigenvalue weighted by Crippen LogP contribution is 2.36. The first-order valence-corrected chi connectivity index (χ1v) is 11.8. The molecule has 32 heavy (non-hydrogen) atoms. The lowest BCUT2D eigenvalue weighted by atomic mass is 10.0. The summed E-state index contributed by atoms with van der Waals surface area (Å²) in [4.78, 5) is 25.2. The van der Waals surface area contributed by atoms with Crippen LogP contribution in [0, 0.1) is 0 Å². The van der Waals surface area contributed by atoms with Gasteiger partial charge in [0.05, 0.1) is 13.2 Å². The van der Waals surface area contributed by atoms with Crippen molar-refractivity contribution in [2.24, 2.45) is 0 Å². The van der Waals surface area contributed by atoms with Gasteiger partial charge in [-0.05, 0) is 55.2 Å². The van der Waals surface area contributed by atoms with Crippen LogP contribution in [0.5, 0.6) is 5.75 Å². The minimum Gasteiger partial charge on any atom is -0.494 e. The Hall–Kier alpha value is -2.83. The van der Waals surface area contributed by atoms with Crippen molar-refractivity contribution in [3.05, 3.63) is 70.1 Å². The average Bonchev–Trinajstić information content (AvgIpc) is 3.21. The van der Waals surface area contributed by atoms with Crippen molar-refractivity contribution < 1.29 is 19.1 Å². The predicted octanol–water partition coefficient (Wildman–Crippen LogP) is 6.61. The number of aryl methyl sites for hydroxylation is 1. The Balaban J connectivity index is 1.65. The second kappa shape index (κ2) is 11.7. The number of anilines is 1. The maximum Gasteiger partial charge on any atom is 0.341 e. The van der Waals surface area contributed by atoms with Gasteiger partial charge in [-0.1, -0.05) is 42.8 Å². The van der Waals surface area contributed by atoms with Crippen molar-refractivity contribution in [2.45, 2.75) is 33.1 Å². The fourth-order valence-corrected chi connectivity index (χ4v) is 4.23. The van der Waals surface area contributed by atoms with Crippen LogP contribution in [0.4, 0.5) is 5.00 Å². The number of carbonyl (C=O) groups excluding carboxylic acids is 2. The highest BCUT2D eigenvalue weighted by molar-refractivity contribution is 7.15. The molecule has 0 saturated heterocycles. The van der Waals surface area contributed by atoms with E-state index in [1.807, 2.05) is 29.6 Å². The number of amides is 1. The quantitative estimate of drug-likeness (QED) is 0.267. The number of ether oxygens (including phenoxy) is 2. The Bertz CT molecular complexity index is 1040. The molecule has 168 valence electrons. The number of halogens is 1. The lowest BCUT2D eigenvalue weighted by Gasteiger charge is -2.10. The summed E-state index contributed by atoms with van der Waals surface area (Å²) in [5.74, 6) is 0.0890. The van der Waals surface area contributed by atoms with Gasteiger partial charge in [-0.3, -0.25) is 4.79 Å². The van der Waals surface area contributed by atoms with Crippen molar-refractivity contribution in [1.29, 1.82) is 0 Å². The SMILES string of the molecule is CCOC(=O)c1c(-c2ccc(CC)cc2)csc1NC(=O)CCCOc1ccc(Cl)cc1. The van der Waals surface area contributed by atoms with E-state index in [1.165, 1.54) is 16.9 Å². The Kier molecular flexibility index (Phi) is 8.71. The van der Waals surface area contributed by atoms with Gasteiger partial charge in [0.1, 0.15) is 16.3 Å². The van der Waals surface area contributed by atoms with Gasteiger partial charge in [-0.2, -0.15) is 0 Å². The first kappa shape index (κ1) is 23.8. The fourth-order valence-electron chi connectivity index (χ4n) is 3.13. The predicted molar refractivity (Wildman–Crippen MR) is 130 cm³/mol. The van der Waals surface area contributed by atoms with Gasteiger partial charge in [0, 0.05) is 22.4 Å². The van der Waals surface area contributed by atoms with Crippen LogP contribution in [0.15, 0.2) is 53.9 Å². The highest BCUT2D eigenvalue weighted by atomic mass is 35.5.